The van der Waals surface area contributed by atoms with Gasteiger partial charge in [-0.15, -0.1) is 0 Å². The maximum Gasteiger partial charge on any atom is 0.312 e. The minimum absolute atomic E-state index is 0.0750. The van der Waals surface area contributed by atoms with Crippen molar-refractivity contribution in [2.45, 2.75) is 214 Å². The Morgan fingerprint density at radius 2 is 0.739 bits per heavy atom. The number of allylic oxidation sites excluding steroid dienone is 4. The summed E-state index contributed by atoms with van der Waals surface area (Å²) in [5.74, 6) is -0.596. The van der Waals surface area contributed by atoms with E-state index in [1.807, 2.05) is 0 Å². The lowest BCUT2D eigenvalue weighted by molar-refractivity contribution is -0.160. The summed E-state index contributed by atoms with van der Waals surface area (Å²) < 4.78 is 10.9. The zero-order valence-corrected chi connectivity index (χ0v) is 31.4. The minimum Gasteiger partial charge on any atom is -0.466 e. The molecule has 0 aromatic rings. The zero-order chi connectivity index (χ0) is 33.8. The van der Waals surface area contributed by atoms with Crippen molar-refractivity contribution in [1.82, 2.24) is 0 Å². The van der Waals surface area contributed by atoms with Crippen LogP contribution in [0.3, 0.4) is 0 Å². The number of hydrogen-bond donors (Lipinski definition) is 0. The van der Waals surface area contributed by atoms with Crippen LogP contribution in [0.4, 0.5) is 0 Å². The van der Waals surface area contributed by atoms with E-state index >= 15 is 0 Å². The maximum atomic E-state index is 12.6. The van der Waals surface area contributed by atoms with Gasteiger partial charge in [-0.2, -0.15) is 0 Å². The van der Waals surface area contributed by atoms with Gasteiger partial charge in [0.1, 0.15) is 0 Å². The van der Waals surface area contributed by atoms with Gasteiger partial charge in [0.25, 0.3) is 0 Å². The number of rotatable bonds is 35. The Morgan fingerprint density at radius 1 is 0.435 bits per heavy atom. The van der Waals surface area contributed by atoms with Crippen molar-refractivity contribution < 1.29 is 19.1 Å². The lowest BCUT2D eigenvalue weighted by Gasteiger charge is -2.21. The molecule has 0 aromatic carbocycles. The lowest BCUT2D eigenvalue weighted by atomic mass is 9.89. The van der Waals surface area contributed by atoms with Crippen molar-refractivity contribution in [2.24, 2.45) is 5.41 Å². The largest absolute Gasteiger partial charge is 0.466 e. The Balaban J connectivity index is 3.58. The molecule has 0 bridgehead atoms. The SMILES string of the molecule is CCCCCCCC/C=C\CCCCCCCCOC(=O)CC(C)(C)C(=O)OCCCCCCCC/C=C\CCCCCCCC. The molecule has 0 aromatic heterocycles. The summed E-state index contributed by atoms with van der Waals surface area (Å²) in [6.45, 7) is 8.98. The molecule has 0 amide bonds. The van der Waals surface area contributed by atoms with Gasteiger partial charge in [-0.3, -0.25) is 9.59 Å². The molecule has 0 saturated carbocycles. The van der Waals surface area contributed by atoms with Gasteiger partial charge in [-0.1, -0.05) is 154 Å². The third-order valence-corrected chi connectivity index (χ3v) is 8.95. The third kappa shape index (κ3) is 32.4. The molecule has 0 atom stereocenters. The van der Waals surface area contributed by atoms with E-state index in [9.17, 15) is 9.59 Å². The zero-order valence-electron chi connectivity index (χ0n) is 31.4. The highest BCUT2D eigenvalue weighted by Gasteiger charge is 2.32. The molecule has 0 heterocycles. The van der Waals surface area contributed by atoms with Crippen LogP contribution < -0.4 is 0 Å². The van der Waals surface area contributed by atoms with Gasteiger partial charge in [-0.05, 0) is 78.1 Å². The molecule has 4 nitrogen and oxygen atoms in total. The van der Waals surface area contributed by atoms with Gasteiger partial charge in [0.15, 0.2) is 0 Å². The summed E-state index contributed by atoms with van der Waals surface area (Å²) >= 11 is 0. The van der Waals surface area contributed by atoms with E-state index in [1.54, 1.807) is 13.8 Å². The Labute approximate surface area is 287 Å². The van der Waals surface area contributed by atoms with Gasteiger partial charge in [0.05, 0.1) is 25.0 Å². The van der Waals surface area contributed by atoms with Crippen molar-refractivity contribution in [2.75, 3.05) is 13.2 Å². The summed E-state index contributed by atoms with van der Waals surface area (Å²) in [6.07, 6.45) is 44.7. The predicted molar refractivity (Wildman–Crippen MR) is 199 cm³/mol. The van der Waals surface area contributed by atoms with Crippen molar-refractivity contribution >= 4 is 11.9 Å². The van der Waals surface area contributed by atoms with E-state index in [-0.39, 0.29) is 18.4 Å². The van der Waals surface area contributed by atoms with E-state index in [0.717, 1.165) is 25.7 Å². The number of hydrogen-bond acceptors (Lipinski definition) is 4. The molecule has 0 spiro atoms. The Morgan fingerprint density at radius 3 is 1.11 bits per heavy atom. The Kier molecular flexibility index (Phi) is 33.6. The van der Waals surface area contributed by atoms with Crippen LogP contribution >= 0.6 is 0 Å². The summed E-state index contributed by atoms with van der Waals surface area (Å²) in [4.78, 5) is 24.9. The predicted octanol–water partition coefficient (Wildman–Crippen LogP) is 13.6. The van der Waals surface area contributed by atoms with E-state index in [0.29, 0.717) is 13.2 Å². The van der Waals surface area contributed by atoms with Gasteiger partial charge < -0.3 is 9.47 Å². The fourth-order valence-corrected chi connectivity index (χ4v) is 5.73. The molecule has 46 heavy (non-hydrogen) atoms. The third-order valence-electron chi connectivity index (χ3n) is 8.95. The molecule has 0 N–H and O–H groups in total. The fraction of sp³-hybridized carbons (Fsp3) is 0.857. The van der Waals surface area contributed by atoms with E-state index < -0.39 is 5.41 Å². The van der Waals surface area contributed by atoms with Crippen molar-refractivity contribution in [1.29, 1.82) is 0 Å². The smallest absolute Gasteiger partial charge is 0.312 e. The van der Waals surface area contributed by atoms with E-state index in [2.05, 4.69) is 38.2 Å². The first kappa shape index (κ1) is 44.4. The summed E-state index contributed by atoms with van der Waals surface area (Å²) in [5.41, 5.74) is -0.845. The Hall–Kier alpha value is -1.58. The molecule has 270 valence electrons. The summed E-state index contributed by atoms with van der Waals surface area (Å²) in [7, 11) is 0. The second-order valence-corrected chi connectivity index (χ2v) is 14.3. The standard InChI is InChI=1S/C42H78O4/c1-5-7-9-11-13-15-17-19-21-23-25-27-29-31-33-35-37-45-40(43)39-42(3,4)41(44)46-38-36-34-32-30-28-26-24-22-20-18-16-14-12-10-8-6-2/h19-22H,5-18,23-39H2,1-4H3/b21-19-,22-20-. The average molecular weight is 647 g/mol. The van der Waals surface area contributed by atoms with Gasteiger partial charge in [0.2, 0.25) is 0 Å². The molecule has 0 aliphatic carbocycles. The van der Waals surface area contributed by atoms with Gasteiger partial charge in [0, 0.05) is 0 Å². The molecule has 0 aliphatic rings. The van der Waals surface area contributed by atoms with Crippen molar-refractivity contribution in [3.8, 4) is 0 Å². The normalized spacial score (nSPS) is 12.0. The average Bonchev–Trinajstić information content (AvgIpc) is 3.03. The first-order valence-electron chi connectivity index (χ1n) is 20.1. The van der Waals surface area contributed by atoms with Crippen LogP contribution in [-0.2, 0) is 19.1 Å². The molecular formula is C42H78O4. The quantitative estimate of drug-likeness (QED) is 0.0390. The van der Waals surface area contributed by atoms with Crippen molar-refractivity contribution in [3.63, 3.8) is 0 Å². The van der Waals surface area contributed by atoms with Gasteiger partial charge >= 0.3 is 11.9 Å². The molecule has 0 saturated heterocycles. The van der Waals surface area contributed by atoms with Crippen LogP contribution in [0.15, 0.2) is 24.3 Å². The second-order valence-electron chi connectivity index (χ2n) is 14.3. The first-order chi connectivity index (χ1) is 22.4. The molecule has 0 fully saturated rings. The van der Waals surface area contributed by atoms with Crippen molar-refractivity contribution in [3.05, 3.63) is 24.3 Å². The molecule has 0 rings (SSSR count). The highest BCUT2D eigenvalue weighted by molar-refractivity contribution is 5.82. The minimum atomic E-state index is -0.845. The maximum absolute atomic E-state index is 12.6. The topological polar surface area (TPSA) is 52.6 Å². The highest BCUT2D eigenvalue weighted by Crippen LogP contribution is 2.23. The molecule has 4 heteroatoms. The van der Waals surface area contributed by atoms with Crippen LogP contribution in [0.25, 0.3) is 0 Å². The number of esters is 2. The highest BCUT2D eigenvalue weighted by atomic mass is 16.5. The second kappa shape index (κ2) is 34.7. The monoisotopic (exact) mass is 647 g/mol. The molecule has 0 unspecified atom stereocenters. The fourth-order valence-electron chi connectivity index (χ4n) is 5.73. The van der Waals surface area contributed by atoms with E-state index in [4.69, 9.17) is 9.47 Å². The molecule has 0 aliphatic heterocycles. The van der Waals surface area contributed by atoms with Crippen LogP contribution in [0.5, 0.6) is 0 Å². The van der Waals surface area contributed by atoms with Gasteiger partial charge in [-0.25, -0.2) is 0 Å². The number of unbranched alkanes of at least 4 members (excludes halogenated alkanes) is 24. The first-order valence-corrected chi connectivity index (χ1v) is 20.1. The van der Waals surface area contributed by atoms with Crippen LogP contribution in [0.2, 0.25) is 0 Å². The lowest BCUT2D eigenvalue weighted by Crippen LogP contribution is -2.30. The summed E-state index contributed by atoms with van der Waals surface area (Å²) in [5, 5.41) is 0. The Bertz CT molecular complexity index is 723. The van der Waals surface area contributed by atoms with Crippen LogP contribution in [0, 0.1) is 5.41 Å². The molecular weight excluding hydrogens is 568 g/mol. The molecule has 0 radical (unpaired) electrons. The van der Waals surface area contributed by atoms with Crippen LogP contribution in [-0.4, -0.2) is 25.2 Å². The number of ether oxygens (including phenoxy) is 2. The number of carbonyl (C=O) groups is 2. The van der Waals surface area contributed by atoms with Crippen LogP contribution in [0.1, 0.15) is 214 Å². The van der Waals surface area contributed by atoms with E-state index in [1.165, 1.54) is 154 Å². The summed E-state index contributed by atoms with van der Waals surface area (Å²) in [6, 6.07) is 0. The number of carbonyl (C=O) groups excluding carboxylic acids is 2.